The first-order valence-electron chi connectivity index (χ1n) is 12.0. The third-order valence-electron chi connectivity index (χ3n) is 6.93. The van der Waals surface area contributed by atoms with E-state index in [0.29, 0.717) is 23.7 Å². The van der Waals surface area contributed by atoms with Crippen LogP contribution in [-0.4, -0.2) is 32.4 Å². The minimum Gasteiger partial charge on any atom is -0.392 e. The highest BCUT2D eigenvalue weighted by molar-refractivity contribution is 7.12. The van der Waals surface area contributed by atoms with Gasteiger partial charge in [0.1, 0.15) is 17.8 Å². The first-order valence-corrected chi connectivity index (χ1v) is 12.8. The van der Waals surface area contributed by atoms with Gasteiger partial charge < -0.3 is 20.3 Å². The van der Waals surface area contributed by atoms with Gasteiger partial charge >= 0.3 is 0 Å². The number of aromatic amines is 1. The van der Waals surface area contributed by atoms with Crippen LogP contribution < -0.4 is 15.8 Å². The predicted octanol–water partition coefficient (Wildman–Crippen LogP) is 4.21. The van der Waals surface area contributed by atoms with Gasteiger partial charge in [-0.25, -0.2) is 9.97 Å². The van der Waals surface area contributed by atoms with Gasteiger partial charge in [-0.15, -0.1) is 11.3 Å². The lowest BCUT2D eigenvalue weighted by Crippen LogP contribution is -2.31. The molecule has 0 saturated carbocycles. The van der Waals surface area contributed by atoms with Crippen molar-refractivity contribution in [3.8, 4) is 11.1 Å². The number of carbonyl (C=O) groups excluding carboxylic acids is 1. The zero-order valence-electron chi connectivity index (χ0n) is 19.6. The number of H-pyrrole nitrogens is 1. The Hall–Kier alpha value is -3.82. The molecule has 9 heteroatoms. The maximum Gasteiger partial charge on any atom is 0.271 e. The summed E-state index contributed by atoms with van der Waals surface area (Å²) in [7, 11) is 0. The Kier molecular flexibility index (Phi) is 5.86. The Bertz CT molecular complexity index is 1510. The number of hydrogen-bond acceptors (Lipinski definition) is 8. The predicted molar refractivity (Wildman–Crippen MR) is 140 cm³/mol. The molecule has 36 heavy (non-hydrogen) atoms. The largest absolute Gasteiger partial charge is 0.392 e. The summed E-state index contributed by atoms with van der Waals surface area (Å²) in [5, 5.41) is 13.5. The second-order valence-corrected chi connectivity index (χ2v) is 10.3. The van der Waals surface area contributed by atoms with Crippen LogP contribution in [0.2, 0.25) is 0 Å². The number of benzene rings is 1. The molecule has 0 spiro atoms. The van der Waals surface area contributed by atoms with Crippen LogP contribution in [0.5, 0.6) is 0 Å². The number of aryl methyl sites for hydroxylation is 1. The number of aliphatic hydroxyl groups excluding tert-OH is 1. The third-order valence-corrected chi connectivity index (χ3v) is 8.20. The standard InChI is InChI=1S/C27H25N5O3S/c33-14-19-17(16-11-20(27(35)29-12-16)31-25-7-9-28-15-30-25)3-1-4-21(19)32-10-8-18-24(13-32)36-23-6-2-5-22(34)26(18)23/h1,3-4,7,9,11-12,15,33H,2,5-6,8,10,13-14H2,(H,29,35)(H,28,30,31). The van der Waals surface area contributed by atoms with E-state index in [4.69, 9.17) is 0 Å². The van der Waals surface area contributed by atoms with E-state index in [1.165, 1.54) is 21.6 Å². The van der Waals surface area contributed by atoms with E-state index in [1.807, 2.05) is 18.2 Å². The highest BCUT2D eigenvalue weighted by atomic mass is 32.1. The zero-order chi connectivity index (χ0) is 24.6. The maximum atomic E-state index is 12.6. The lowest BCUT2D eigenvalue weighted by Gasteiger charge is -2.31. The average Bonchev–Trinajstić information content (AvgIpc) is 3.29. The zero-order valence-corrected chi connectivity index (χ0v) is 20.4. The summed E-state index contributed by atoms with van der Waals surface area (Å²) >= 11 is 1.78. The van der Waals surface area contributed by atoms with Gasteiger partial charge in [0.05, 0.1) is 13.2 Å². The van der Waals surface area contributed by atoms with Crippen molar-refractivity contribution in [2.24, 2.45) is 0 Å². The van der Waals surface area contributed by atoms with E-state index in [-0.39, 0.29) is 12.2 Å². The first-order chi connectivity index (χ1) is 17.6. The quantitative estimate of drug-likeness (QED) is 0.377. The molecule has 0 atom stereocenters. The number of pyridine rings is 1. The molecule has 0 unspecified atom stereocenters. The van der Waals surface area contributed by atoms with Gasteiger partial charge in [0.25, 0.3) is 5.56 Å². The second-order valence-electron chi connectivity index (χ2n) is 9.06. The SMILES string of the molecule is O=C1CCCc2sc3c(c21)CCN(c1cccc(-c2c[nH]c(=O)c(Nc4ccncn4)c2)c1CO)C3. The number of aromatic nitrogens is 3. The minimum atomic E-state index is -0.265. The number of nitrogens with one attached hydrogen (secondary N) is 2. The molecule has 182 valence electrons. The molecule has 0 bridgehead atoms. The van der Waals surface area contributed by atoms with Crippen molar-refractivity contribution in [1.29, 1.82) is 0 Å². The van der Waals surface area contributed by atoms with E-state index in [9.17, 15) is 14.7 Å². The molecular formula is C27H25N5O3S. The topological polar surface area (TPSA) is 111 Å². The van der Waals surface area contributed by atoms with Gasteiger partial charge in [-0.3, -0.25) is 9.59 Å². The van der Waals surface area contributed by atoms with Crippen LogP contribution in [0.25, 0.3) is 11.1 Å². The fourth-order valence-electron chi connectivity index (χ4n) is 5.24. The molecule has 3 N–H and O–H groups in total. The van der Waals surface area contributed by atoms with Gasteiger partial charge in [0.15, 0.2) is 5.78 Å². The summed E-state index contributed by atoms with van der Waals surface area (Å²) in [6, 6.07) is 9.42. The molecule has 0 fully saturated rings. The van der Waals surface area contributed by atoms with Crippen LogP contribution in [0, 0.1) is 0 Å². The van der Waals surface area contributed by atoms with Crippen LogP contribution >= 0.6 is 11.3 Å². The molecule has 1 aliphatic carbocycles. The number of carbonyl (C=O) groups is 1. The molecule has 4 aromatic rings. The maximum absolute atomic E-state index is 12.6. The molecule has 4 heterocycles. The van der Waals surface area contributed by atoms with Crippen molar-refractivity contribution < 1.29 is 9.90 Å². The number of nitrogens with zero attached hydrogens (tertiary/aromatic N) is 3. The summed E-state index contributed by atoms with van der Waals surface area (Å²) in [5.74, 6) is 0.815. The Morgan fingerprint density at radius 1 is 1.14 bits per heavy atom. The lowest BCUT2D eigenvalue weighted by atomic mass is 9.90. The monoisotopic (exact) mass is 499 g/mol. The van der Waals surface area contributed by atoms with E-state index in [0.717, 1.165) is 60.3 Å². The third kappa shape index (κ3) is 4.00. The van der Waals surface area contributed by atoms with Crippen LogP contribution in [0.3, 0.4) is 0 Å². The summed E-state index contributed by atoms with van der Waals surface area (Å²) in [6.45, 7) is 1.37. The second kappa shape index (κ2) is 9.33. The number of rotatable bonds is 5. The first kappa shape index (κ1) is 22.6. The fourth-order valence-corrected chi connectivity index (χ4v) is 6.67. The van der Waals surface area contributed by atoms with Crippen molar-refractivity contribution in [1.82, 2.24) is 15.0 Å². The Morgan fingerprint density at radius 3 is 2.89 bits per heavy atom. The van der Waals surface area contributed by atoms with Gasteiger partial charge in [-0.2, -0.15) is 0 Å². The molecule has 0 saturated heterocycles. The van der Waals surface area contributed by atoms with Crippen LogP contribution in [0.1, 0.15) is 44.1 Å². The van der Waals surface area contributed by atoms with Crippen molar-refractivity contribution in [2.45, 2.75) is 38.8 Å². The van der Waals surface area contributed by atoms with Gasteiger partial charge in [0, 0.05) is 57.5 Å². The van der Waals surface area contributed by atoms with E-state index in [1.54, 1.807) is 35.9 Å². The number of anilines is 3. The van der Waals surface area contributed by atoms with E-state index < -0.39 is 0 Å². The molecular weight excluding hydrogens is 474 g/mol. The number of aliphatic hydroxyl groups is 1. The average molecular weight is 500 g/mol. The summed E-state index contributed by atoms with van der Waals surface area (Å²) in [4.78, 5) is 40.6. The fraction of sp³-hybridized carbons (Fsp3) is 0.259. The summed E-state index contributed by atoms with van der Waals surface area (Å²) in [6.07, 6.45) is 8.10. The van der Waals surface area contributed by atoms with E-state index >= 15 is 0 Å². The van der Waals surface area contributed by atoms with Crippen LogP contribution in [-0.2, 0) is 26.0 Å². The highest BCUT2D eigenvalue weighted by Gasteiger charge is 2.30. The normalized spacial score (nSPS) is 14.9. The molecule has 8 nitrogen and oxygen atoms in total. The van der Waals surface area contributed by atoms with Crippen molar-refractivity contribution >= 4 is 34.3 Å². The van der Waals surface area contributed by atoms with Crippen molar-refractivity contribution in [3.05, 3.63) is 85.9 Å². The molecule has 0 amide bonds. The Balaban J connectivity index is 1.34. The van der Waals surface area contributed by atoms with Gasteiger partial charge in [-0.05, 0) is 48.6 Å². The lowest BCUT2D eigenvalue weighted by molar-refractivity contribution is 0.0972. The van der Waals surface area contributed by atoms with Crippen molar-refractivity contribution in [2.75, 3.05) is 16.8 Å². The Labute approximate surface area is 211 Å². The molecule has 1 aromatic carbocycles. The highest BCUT2D eigenvalue weighted by Crippen LogP contribution is 2.40. The van der Waals surface area contributed by atoms with Crippen molar-refractivity contribution in [3.63, 3.8) is 0 Å². The van der Waals surface area contributed by atoms with Crippen LogP contribution in [0.15, 0.2) is 53.8 Å². The molecule has 6 rings (SSSR count). The summed E-state index contributed by atoms with van der Waals surface area (Å²) in [5.41, 5.74) is 5.73. The molecule has 1 aliphatic heterocycles. The molecule has 2 aliphatic rings. The molecule has 0 radical (unpaired) electrons. The summed E-state index contributed by atoms with van der Waals surface area (Å²) < 4.78 is 0. The smallest absolute Gasteiger partial charge is 0.271 e. The minimum absolute atomic E-state index is 0.137. The molecule has 3 aromatic heterocycles. The van der Waals surface area contributed by atoms with Crippen LogP contribution in [0.4, 0.5) is 17.2 Å². The number of fused-ring (bicyclic) bond motifs is 3. The number of hydrogen-bond donors (Lipinski definition) is 3. The number of Topliss-reactive ketones (excluding diaryl/α,β-unsaturated/α-hetero) is 1. The van der Waals surface area contributed by atoms with Gasteiger partial charge in [-0.1, -0.05) is 12.1 Å². The number of thiophene rings is 1. The Morgan fingerprint density at radius 2 is 2.06 bits per heavy atom. The van der Waals surface area contributed by atoms with Gasteiger partial charge in [0.2, 0.25) is 0 Å². The number of ketones is 1. The van der Waals surface area contributed by atoms with E-state index in [2.05, 4.69) is 25.2 Å².